The van der Waals surface area contributed by atoms with Gasteiger partial charge in [-0.1, -0.05) is 16.1 Å². The quantitative estimate of drug-likeness (QED) is 0.863. The van der Waals surface area contributed by atoms with Crippen molar-refractivity contribution in [2.24, 2.45) is 0 Å². The summed E-state index contributed by atoms with van der Waals surface area (Å²) in [4.78, 5) is 1.83. The maximum Gasteiger partial charge on any atom is 0.138 e. The van der Waals surface area contributed by atoms with Gasteiger partial charge in [0.2, 0.25) is 0 Å². The molecule has 7 heteroatoms. The molecule has 0 bridgehead atoms. The Morgan fingerprint density at radius 3 is 2.79 bits per heavy atom. The maximum atomic E-state index is 13.7. The standard InChI is InChI=1S/C12H12ClF2N3S/c1-7(9-5-8(14)3-4-10(9)15)18(2)6-11-12(13)19-17-16-11/h3-5,7H,6H2,1-2H3/t7-/m1/s1. The normalized spacial score (nSPS) is 12.9. The van der Waals surface area contributed by atoms with Gasteiger partial charge in [0, 0.05) is 29.7 Å². The third-order valence-electron chi connectivity index (χ3n) is 2.98. The van der Waals surface area contributed by atoms with Gasteiger partial charge in [-0.05, 0) is 32.2 Å². The Hall–Kier alpha value is -1.11. The predicted octanol–water partition coefficient (Wildman–Crippen LogP) is 3.66. The number of hydrogen-bond acceptors (Lipinski definition) is 4. The van der Waals surface area contributed by atoms with Crippen molar-refractivity contribution in [3.8, 4) is 0 Å². The van der Waals surface area contributed by atoms with Gasteiger partial charge >= 0.3 is 0 Å². The molecule has 0 spiro atoms. The van der Waals surface area contributed by atoms with Gasteiger partial charge < -0.3 is 0 Å². The molecule has 0 unspecified atom stereocenters. The number of rotatable bonds is 4. The molecule has 102 valence electrons. The summed E-state index contributed by atoms with van der Waals surface area (Å²) in [7, 11) is 1.80. The first kappa shape index (κ1) is 14.3. The van der Waals surface area contributed by atoms with Crippen LogP contribution in [-0.2, 0) is 6.54 Å². The Labute approximate surface area is 119 Å². The molecule has 0 aliphatic rings. The average Bonchev–Trinajstić information content (AvgIpc) is 2.77. The Balaban J connectivity index is 2.17. The first-order valence-corrected chi connectivity index (χ1v) is 6.76. The molecular formula is C12H12ClF2N3S. The monoisotopic (exact) mass is 303 g/mol. The fourth-order valence-electron chi connectivity index (χ4n) is 1.74. The molecule has 0 saturated heterocycles. The van der Waals surface area contributed by atoms with Crippen molar-refractivity contribution in [3.05, 3.63) is 45.4 Å². The number of hydrogen-bond donors (Lipinski definition) is 0. The van der Waals surface area contributed by atoms with Crippen LogP contribution in [0.2, 0.25) is 4.34 Å². The highest BCUT2D eigenvalue weighted by molar-refractivity contribution is 7.10. The molecule has 19 heavy (non-hydrogen) atoms. The van der Waals surface area contributed by atoms with Crippen molar-refractivity contribution in [1.82, 2.24) is 14.5 Å². The molecule has 0 aliphatic heterocycles. The third-order valence-corrected chi connectivity index (χ3v) is 3.96. The van der Waals surface area contributed by atoms with Gasteiger partial charge in [-0.2, -0.15) is 0 Å². The van der Waals surface area contributed by atoms with Crippen LogP contribution in [0.1, 0.15) is 24.2 Å². The third kappa shape index (κ3) is 3.26. The van der Waals surface area contributed by atoms with Gasteiger partial charge in [0.1, 0.15) is 21.7 Å². The smallest absolute Gasteiger partial charge is 0.138 e. The zero-order valence-electron chi connectivity index (χ0n) is 10.4. The SMILES string of the molecule is C[C@H](c1cc(F)ccc1F)N(C)Cc1nnsc1Cl. The van der Waals surface area contributed by atoms with E-state index in [0.717, 1.165) is 23.7 Å². The molecule has 0 aliphatic carbocycles. The topological polar surface area (TPSA) is 29.0 Å². The van der Waals surface area contributed by atoms with E-state index in [0.29, 0.717) is 22.1 Å². The number of nitrogens with zero attached hydrogens (tertiary/aromatic N) is 3. The lowest BCUT2D eigenvalue weighted by Crippen LogP contribution is -2.23. The molecule has 0 fully saturated rings. The lowest BCUT2D eigenvalue weighted by Gasteiger charge is -2.24. The zero-order valence-corrected chi connectivity index (χ0v) is 12.0. The van der Waals surface area contributed by atoms with Crippen LogP contribution in [0.4, 0.5) is 8.78 Å². The van der Waals surface area contributed by atoms with Gasteiger partial charge in [0.15, 0.2) is 0 Å². The lowest BCUT2D eigenvalue weighted by atomic mass is 10.1. The number of halogens is 3. The van der Waals surface area contributed by atoms with E-state index in [1.807, 2.05) is 4.90 Å². The highest BCUT2D eigenvalue weighted by Gasteiger charge is 2.18. The molecule has 0 radical (unpaired) electrons. The van der Waals surface area contributed by atoms with Gasteiger partial charge in [-0.3, -0.25) is 4.90 Å². The largest absolute Gasteiger partial charge is 0.294 e. The van der Waals surface area contributed by atoms with E-state index in [1.54, 1.807) is 14.0 Å². The zero-order chi connectivity index (χ0) is 14.0. The summed E-state index contributed by atoms with van der Waals surface area (Å²) < 4.78 is 31.1. The summed E-state index contributed by atoms with van der Waals surface area (Å²) in [6, 6.07) is 3.14. The fourth-order valence-corrected chi connectivity index (χ4v) is 2.35. The van der Waals surface area contributed by atoms with Crippen molar-refractivity contribution < 1.29 is 8.78 Å². The minimum Gasteiger partial charge on any atom is -0.294 e. The summed E-state index contributed by atoms with van der Waals surface area (Å²) in [5.74, 6) is -0.881. The Morgan fingerprint density at radius 2 is 2.16 bits per heavy atom. The van der Waals surface area contributed by atoms with Crippen molar-refractivity contribution in [3.63, 3.8) is 0 Å². The lowest BCUT2D eigenvalue weighted by molar-refractivity contribution is 0.244. The van der Waals surface area contributed by atoms with Crippen molar-refractivity contribution >= 4 is 23.1 Å². The Kier molecular flexibility index (Phi) is 4.44. The molecule has 0 saturated carbocycles. The molecule has 1 aromatic carbocycles. The molecule has 1 atom stereocenters. The van der Waals surface area contributed by atoms with Crippen LogP contribution in [0.5, 0.6) is 0 Å². The molecule has 3 nitrogen and oxygen atoms in total. The minimum absolute atomic E-state index is 0.298. The highest BCUT2D eigenvalue weighted by Crippen LogP contribution is 2.26. The van der Waals surface area contributed by atoms with Crippen LogP contribution < -0.4 is 0 Å². The second-order valence-corrected chi connectivity index (χ2v) is 5.61. The van der Waals surface area contributed by atoms with Crippen molar-refractivity contribution in [1.29, 1.82) is 0 Å². The first-order valence-electron chi connectivity index (χ1n) is 5.61. The molecule has 2 aromatic rings. The summed E-state index contributed by atoms with van der Waals surface area (Å²) in [5, 5.41) is 3.90. The van der Waals surface area contributed by atoms with Gasteiger partial charge in [0.25, 0.3) is 0 Å². The van der Waals surface area contributed by atoms with E-state index < -0.39 is 11.6 Å². The summed E-state index contributed by atoms with van der Waals surface area (Å²) in [6.07, 6.45) is 0. The van der Waals surface area contributed by atoms with Crippen LogP contribution in [0.25, 0.3) is 0 Å². The first-order chi connectivity index (χ1) is 8.99. The Morgan fingerprint density at radius 1 is 1.42 bits per heavy atom. The summed E-state index contributed by atoms with van der Waals surface area (Å²) >= 11 is 7.03. The molecule has 0 N–H and O–H groups in total. The van der Waals surface area contributed by atoms with Crippen molar-refractivity contribution in [2.75, 3.05) is 7.05 Å². The van der Waals surface area contributed by atoms with E-state index in [-0.39, 0.29) is 6.04 Å². The number of aromatic nitrogens is 2. The van der Waals surface area contributed by atoms with Crippen LogP contribution >= 0.6 is 23.1 Å². The second kappa shape index (κ2) is 5.90. The molecule has 2 rings (SSSR count). The average molecular weight is 304 g/mol. The summed E-state index contributed by atoms with van der Waals surface area (Å²) in [6.45, 7) is 2.22. The van der Waals surface area contributed by atoms with Crippen LogP contribution in [0.15, 0.2) is 18.2 Å². The molecule has 0 amide bonds. The van der Waals surface area contributed by atoms with E-state index in [4.69, 9.17) is 11.6 Å². The van der Waals surface area contributed by atoms with E-state index in [2.05, 4.69) is 9.59 Å². The summed E-state index contributed by atoms with van der Waals surface area (Å²) in [5.41, 5.74) is 0.944. The van der Waals surface area contributed by atoms with Gasteiger partial charge in [-0.25, -0.2) is 8.78 Å². The maximum absolute atomic E-state index is 13.7. The second-order valence-electron chi connectivity index (χ2n) is 4.25. The van der Waals surface area contributed by atoms with Gasteiger partial charge in [-0.15, -0.1) is 5.10 Å². The van der Waals surface area contributed by atoms with E-state index in [9.17, 15) is 8.78 Å². The van der Waals surface area contributed by atoms with Crippen molar-refractivity contribution in [2.45, 2.75) is 19.5 Å². The van der Waals surface area contributed by atoms with Crippen LogP contribution in [-0.4, -0.2) is 21.5 Å². The highest BCUT2D eigenvalue weighted by atomic mass is 35.5. The predicted molar refractivity (Wildman–Crippen MR) is 71.2 cm³/mol. The number of benzene rings is 1. The fraction of sp³-hybridized carbons (Fsp3) is 0.333. The molecule has 1 aromatic heterocycles. The Bertz CT molecular complexity index is 576. The van der Waals surface area contributed by atoms with Gasteiger partial charge in [0.05, 0.1) is 0 Å². The van der Waals surface area contributed by atoms with Crippen LogP contribution in [0.3, 0.4) is 0 Å². The van der Waals surface area contributed by atoms with E-state index >= 15 is 0 Å². The van der Waals surface area contributed by atoms with Crippen LogP contribution in [0, 0.1) is 11.6 Å². The minimum atomic E-state index is -0.454. The van der Waals surface area contributed by atoms with E-state index in [1.165, 1.54) is 6.07 Å². The molecular weight excluding hydrogens is 292 g/mol. The molecule has 1 heterocycles.